The molecule has 1 aliphatic rings. The van der Waals surface area contributed by atoms with Crippen LogP contribution in [0.15, 0.2) is 12.4 Å². The van der Waals surface area contributed by atoms with E-state index >= 15 is 0 Å². The Morgan fingerprint density at radius 2 is 2.17 bits per heavy atom. The summed E-state index contributed by atoms with van der Waals surface area (Å²) in [6.45, 7) is 0.664. The van der Waals surface area contributed by atoms with Crippen molar-refractivity contribution in [2.45, 2.75) is 25.3 Å². The normalized spacial score (nSPS) is 18.9. The van der Waals surface area contributed by atoms with Crippen LogP contribution in [0, 0.1) is 0 Å². The summed E-state index contributed by atoms with van der Waals surface area (Å²) >= 11 is 0. The molecule has 1 unspecified atom stereocenters. The smallest absolute Gasteiger partial charge is 0.305 e. The van der Waals surface area contributed by atoms with E-state index in [2.05, 4.69) is 9.97 Å². The number of carboxylic acid groups (broad SMARTS) is 1. The molecule has 0 aromatic carbocycles. The predicted molar refractivity (Wildman–Crippen MR) is 63.2 cm³/mol. The fourth-order valence-corrected chi connectivity index (χ4v) is 2.24. The Hall–Kier alpha value is -2.18. The number of primary amides is 1. The van der Waals surface area contributed by atoms with Gasteiger partial charge in [0.15, 0.2) is 11.5 Å². The monoisotopic (exact) mass is 250 g/mol. The predicted octanol–water partition coefficient (Wildman–Crippen LogP) is 0.0190. The second-order valence-corrected chi connectivity index (χ2v) is 4.18. The molecular formula is C11H14N4O3. The average molecular weight is 250 g/mol. The van der Waals surface area contributed by atoms with E-state index in [0.717, 1.165) is 12.8 Å². The first-order valence-electron chi connectivity index (χ1n) is 5.69. The summed E-state index contributed by atoms with van der Waals surface area (Å²) in [6.07, 6.45) is 4.52. The second-order valence-electron chi connectivity index (χ2n) is 4.18. The van der Waals surface area contributed by atoms with Gasteiger partial charge in [0.25, 0.3) is 5.91 Å². The van der Waals surface area contributed by atoms with Crippen molar-refractivity contribution in [2.24, 2.45) is 5.73 Å². The molecule has 3 N–H and O–H groups in total. The molecule has 0 aliphatic carbocycles. The van der Waals surface area contributed by atoms with Crippen molar-refractivity contribution in [3.8, 4) is 0 Å². The lowest BCUT2D eigenvalue weighted by molar-refractivity contribution is -0.137. The van der Waals surface area contributed by atoms with Gasteiger partial charge in [0.2, 0.25) is 0 Å². The molecule has 18 heavy (non-hydrogen) atoms. The third-order valence-corrected chi connectivity index (χ3v) is 2.97. The molecule has 96 valence electrons. The summed E-state index contributed by atoms with van der Waals surface area (Å²) in [7, 11) is 0. The van der Waals surface area contributed by atoms with Gasteiger partial charge in [0.1, 0.15) is 0 Å². The first kappa shape index (κ1) is 12.3. The lowest BCUT2D eigenvalue weighted by atomic mass is 10.1. The summed E-state index contributed by atoms with van der Waals surface area (Å²) in [6, 6.07) is -0.155. The molecule has 2 rings (SSSR count). The molecule has 0 bridgehead atoms. The average Bonchev–Trinajstić information content (AvgIpc) is 2.76. The molecule has 1 amide bonds. The molecule has 0 saturated carbocycles. The van der Waals surface area contributed by atoms with Crippen LogP contribution in [0.25, 0.3) is 0 Å². The zero-order valence-corrected chi connectivity index (χ0v) is 9.74. The highest BCUT2D eigenvalue weighted by Gasteiger charge is 2.30. The maximum absolute atomic E-state index is 11.3. The van der Waals surface area contributed by atoms with E-state index in [1.165, 1.54) is 12.4 Å². The molecule has 1 aromatic rings. The van der Waals surface area contributed by atoms with Gasteiger partial charge in [-0.05, 0) is 12.8 Å². The number of nitrogens with zero attached hydrogens (tertiary/aromatic N) is 3. The van der Waals surface area contributed by atoms with Crippen LogP contribution in [0.1, 0.15) is 29.8 Å². The number of nitrogens with two attached hydrogens (primary N) is 1. The standard InChI is InChI=1S/C11H14N4O3/c12-10(18)9-11(14-4-3-13-9)15-5-1-2-7(15)6-8(16)17/h3-4,7H,1-2,5-6H2,(H2,12,18)(H,16,17). The molecule has 7 heteroatoms. The van der Waals surface area contributed by atoms with E-state index < -0.39 is 11.9 Å². The van der Waals surface area contributed by atoms with Gasteiger partial charge in [0.05, 0.1) is 6.42 Å². The Morgan fingerprint density at radius 3 is 2.83 bits per heavy atom. The van der Waals surface area contributed by atoms with Gasteiger partial charge in [-0.3, -0.25) is 9.59 Å². The van der Waals surface area contributed by atoms with Crippen molar-refractivity contribution >= 4 is 17.7 Å². The minimum atomic E-state index is -0.864. The zero-order valence-electron chi connectivity index (χ0n) is 9.74. The quantitative estimate of drug-likeness (QED) is 0.779. The molecule has 0 spiro atoms. The Bertz CT molecular complexity index is 477. The Morgan fingerprint density at radius 1 is 1.44 bits per heavy atom. The van der Waals surface area contributed by atoms with E-state index in [9.17, 15) is 9.59 Å². The molecule has 1 aliphatic heterocycles. The number of carboxylic acids is 1. The van der Waals surface area contributed by atoms with Crippen molar-refractivity contribution in [3.63, 3.8) is 0 Å². The lowest BCUT2D eigenvalue weighted by Crippen LogP contribution is -2.34. The first-order chi connectivity index (χ1) is 8.59. The summed E-state index contributed by atoms with van der Waals surface area (Å²) in [4.78, 5) is 31.9. The number of carbonyl (C=O) groups excluding carboxylic acids is 1. The van der Waals surface area contributed by atoms with E-state index in [1.807, 2.05) is 0 Å². The van der Waals surface area contributed by atoms with Gasteiger partial charge >= 0.3 is 5.97 Å². The molecule has 1 fully saturated rings. The fraction of sp³-hybridized carbons (Fsp3) is 0.455. The van der Waals surface area contributed by atoms with Crippen LogP contribution in [0.4, 0.5) is 5.82 Å². The summed E-state index contributed by atoms with van der Waals surface area (Å²) < 4.78 is 0. The van der Waals surface area contributed by atoms with Crippen LogP contribution in [0.2, 0.25) is 0 Å². The fourth-order valence-electron chi connectivity index (χ4n) is 2.24. The third kappa shape index (κ3) is 2.39. The zero-order chi connectivity index (χ0) is 13.1. The Balaban J connectivity index is 2.30. The van der Waals surface area contributed by atoms with E-state index in [-0.39, 0.29) is 18.2 Å². The number of aliphatic carboxylic acids is 1. The highest BCUT2D eigenvalue weighted by atomic mass is 16.4. The summed E-state index contributed by atoms with van der Waals surface area (Å²) in [5.74, 6) is -1.13. The number of hydrogen-bond donors (Lipinski definition) is 2. The largest absolute Gasteiger partial charge is 0.481 e. The van der Waals surface area contributed by atoms with Crippen molar-refractivity contribution < 1.29 is 14.7 Å². The van der Waals surface area contributed by atoms with Crippen LogP contribution in [-0.2, 0) is 4.79 Å². The van der Waals surface area contributed by atoms with Crippen molar-refractivity contribution in [3.05, 3.63) is 18.1 Å². The number of anilines is 1. The molecule has 0 radical (unpaired) electrons. The highest BCUT2D eigenvalue weighted by molar-refractivity contribution is 5.95. The third-order valence-electron chi connectivity index (χ3n) is 2.97. The summed E-state index contributed by atoms with van der Waals surface area (Å²) in [5.41, 5.74) is 5.34. The Kier molecular flexibility index (Phi) is 3.40. The minimum absolute atomic E-state index is 0.0226. The van der Waals surface area contributed by atoms with Gasteiger partial charge < -0.3 is 15.7 Å². The Labute approximate surface area is 104 Å². The van der Waals surface area contributed by atoms with Gasteiger partial charge in [-0.15, -0.1) is 0 Å². The van der Waals surface area contributed by atoms with E-state index in [0.29, 0.717) is 12.4 Å². The maximum atomic E-state index is 11.3. The van der Waals surface area contributed by atoms with Crippen LogP contribution < -0.4 is 10.6 Å². The highest BCUT2D eigenvalue weighted by Crippen LogP contribution is 2.27. The lowest BCUT2D eigenvalue weighted by Gasteiger charge is -2.25. The number of rotatable bonds is 4. The van der Waals surface area contributed by atoms with E-state index in [4.69, 9.17) is 10.8 Å². The topological polar surface area (TPSA) is 109 Å². The van der Waals surface area contributed by atoms with Crippen molar-refractivity contribution in [2.75, 3.05) is 11.4 Å². The summed E-state index contributed by atoms with van der Waals surface area (Å²) in [5, 5.41) is 8.86. The van der Waals surface area contributed by atoms with Gasteiger partial charge in [-0.1, -0.05) is 0 Å². The number of aromatic nitrogens is 2. The minimum Gasteiger partial charge on any atom is -0.481 e. The van der Waals surface area contributed by atoms with Crippen LogP contribution in [0.3, 0.4) is 0 Å². The van der Waals surface area contributed by atoms with Gasteiger partial charge in [0, 0.05) is 25.0 Å². The van der Waals surface area contributed by atoms with Crippen molar-refractivity contribution in [1.82, 2.24) is 9.97 Å². The SMILES string of the molecule is NC(=O)c1nccnc1N1CCCC1CC(=O)O. The van der Waals surface area contributed by atoms with E-state index in [1.54, 1.807) is 4.90 Å². The number of amides is 1. The van der Waals surface area contributed by atoms with Gasteiger partial charge in [-0.2, -0.15) is 0 Å². The molecule has 7 nitrogen and oxygen atoms in total. The maximum Gasteiger partial charge on any atom is 0.305 e. The molecular weight excluding hydrogens is 236 g/mol. The molecule has 2 heterocycles. The van der Waals surface area contributed by atoms with Crippen LogP contribution in [-0.4, -0.2) is 39.5 Å². The molecule has 1 atom stereocenters. The van der Waals surface area contributed by atoms with Crippen LogP contribution in [0.5, 0.6) is 0 Å². The first-order valence-corrected chi connectivity index (χ1v) is 5.69. The molecule has 1 saturated heterocycles. The molecule has 1 aromatic heterocycles. The van der Waals surface area contributed by atoms with Gasteiger partial charge in [-0.25, -0.2) is 9.97 Å². The second kappa shape index (κ2) is 4.99. The number of hydrogen-bond acceptors (Lipinski definition) is 5. The van der Waals surface area contributed by atoms with Crippen LogP contribution >= 0.6 is 0 Å². The van der Waals surface area contributed by atoms with Crippen molar-refractivity contribution in [1.29, 1.82) is 0 Å². The number of carbonyl (C=O) groups is 2.